The molecule has 1 aromatic heterocycles. The van der Waals surface area contributed by atoms with Gasteiger partial charge < -0.3 is 4.98 Å². The topological polar surface area (TPSA) is 28.7 Å². The van der Waals surface area contributed by atoms with Crippen molar-refractivity contribution in [3.63, 3.8) is 0 Å². The summed E-state index contributed by atoms with van der Waals surface area (Å²) >= 11 is 0. The summed E-state index contributed by atoms with van der Waals surface area (Å²) in [5.41, 5.74) is 2.12. The van der Waals surface area contributed by atoms with Crippen molar-refractivity contribution < 1.29 is 0 Å². The fourth-order valence-electron chi connectivity index (χ4n) is 0.880. The highest BCUT2D eigenvalue weighted by Crippen LogP contribution is 2.05. The predicted molar refractivity (Wildman–Crippen MR) is 52.1 cm³/mol. The van der Waals surface area contributed by atoms with Crippen LogP contribution in [0.25, 0.3) is 11.0 Å². The Morgan fingerprint density at radius 2 is 1.92 bits per heavy atom. The number of aromatic amines is 1. The average molecular weight is 162 g/mol. The Labute approximate surface area is 72.6 Å². The van der Waals surface area contributed by atoms with Gasteiger partial charge in [0.2, 0.25) is 0 Å². The molecular formula is C10H14N2. The second-order valence-corrected chi connectivity index (χ2v) is 2.63. The first-order valence-corrected chi connectivity index (χ1v) is 4.26. The molecule has 0 spiro atoms. The van der Waals surface area contributed by atoms with E-state index < -0.39 is 0 Å². The van der Waals surface area contributed by atoms with Crippen molar-refractivity contribution in [2.45, 2.75) is 20.3 Å². The molecule has 0 radical (unpaired) electrons. The van der Waals surface area contributed by atoms with Crippen molar-refractivity contribution in [1.29, 1.82) is 0 Å². The van der Waals surface area contributed by atoms with E-state index in [1.807, 2.05) is 24.3 Å². The minimum absolute atomic E-state index is 1.03. The Kier molecular flexibility index (Phi) is 3.33. The molecule has 0 unspecified atom stereocenters. The normalized spacial score (nSPS) is 9.17. The van der Waals surface area contributed by atoms with Crippen molar-refractivity contribution in [3.05, 3.63) is 30.6 Å². The molecule has 2 rings (SSSR count). The van der Waals surface area contributed by atoms with Crippen LogP contribution in [0.2, 0.25) is 0 Å². The molecule has 0 aliphatic rings. The van der Waals surface area contributed by atoms with E-state index >= 15 is 0 Å². The number of aromatic nitrogens is 2. The van der Waals surface area contributed by atoms with Crippen LogP contribution in [0.3, 0.4) is 0 Å². The van der Waals surface area contributed by atoms with E-state index in [2.05, 4.69) is 23.8 Å². The standard InChI is InChI=1S/C7H6N2.C3H8/c1-2-4-7-6(3-1)8-5-9-7;1-3-2/h1-5H,(H,8,9);3H2,1-2H3. The predicted octanol–water partition coefficient (Wildman–Crippen LogP) is 2.98. The van der Waals surface area contributed by atoms with Gasteiger partial charge in [0, 0.05) is 0 Å². The Morgan fingerprint density at radius 3 is 2.58 bits per heavy atom. The number of hydrogen-bond acceptors (Lipinski definition) is 1. The lowest BCUT2D eigenvalue weighted by Gasteiger charge is -1.81. The molecule has 0 aliphatic heterocycles. The Bertz CT molecular complexity index is 295. The summed E-state index contributed by atoms with van der Waals surface area (Å²) in [6, 6.07) is 7.94. The third-order valence-corrected chi connectivity index (χ3v) is 1.33. The molecule has 0 amide bonds. The molecule has 0 bridgehead atoms. The summed E-state index contributed by atoms with van der Waals surface area (Å²) in [5, 5.41) is 0. The minimum atomic E-state index is 1.03. The van der Waals surface area contributed by atoms with Crippen molar-refractivity contribution in [1.82, 2.24) is 9.97 Å². The molecule has 12 heavy (non-hydrogen) atoms. The second-order valence-electron chi connectivity index (χ2n) is 2.63. The van der Waals surface area contributed by atoms with Crippen LogP contribution in [-0.2, 0) is 0 Å². The maximum absolute atomic E-state index is 4.06. The smallest absolute Gasteiger partial charge is 0.0931 e. The van der Waals surface area contributed by atoms with Crippen LogP contribution in [0.1, 0.15) is 20.3 Å². The number of nitrogens with zero attached hydrogens (tertiary/aromatic N) is 1. The zero-order valence-electron chi connectivity index (χ0n) is 7.54. The van der Waals surface area contributed by atoms with Crippen LogP contribution in [0.4, 0.5) is 0 Å². The molecule has 64 valence electrons. The fourth-order valence-corrected chi connectivity index (χ4v) is 0.880. The molecule has 0 saturated carbocycles. The van der Waals surface area contributed by atoms with Crippen LogP contribution in [0.5, 0.6) is 0 Å². The van der Waals surface area contributed by atoms with Crippen LogP contribution in [0, 0.1) is 0 Å². The molecular weight excluding hydrogens is 148 g/mol. The van der Waals surface area contributed by atoms with Crippen LogP contribution in [-0.4, -0.2) is 9.97 Å². The number of H-pyrrole nitrogens is 1. The fraction of sp³-hybridized carbons (Fsp3) is 0.300. The summed E-state index contributed by atoms with van der Waals surface area (Å²) < 4.78 is 0. The van der Waals surface area contributed by atoms with Crippen LogP contribution < -0.4 is 0 Å². The SMILES string of the molecule is CCC.c1ccc2[nH]cnc2c1. The Morgan fingerprint density at radius 1 is 1.25 bits per heavy atom. The van der Waals surface area contributed by atoms with Gasteiger partial charge >= 0.3 is 0 Å². The number of hydrogen-bond donors (Lipinski definition) is 1. The molecule has 1 heterocycles. The minimum Gasteiger partial charge on any atom is -0.345 e. The highest BCUT2D eigenvalue weighted by atomic mass is 14.9. The first-order valence-electron chi connectivity index (χ1n) is 4.26. The van der Waals surface area contributed by atoms with Crippen molar-refractivity contribution in [2.24, 2.45) is 0 Å². The van der Waals surface area contributed by atoms with Gasteiger partial charge in [0.05, 0.1) is 17.4 Å². The van der Waals surface area contributed by atoms with Crippen LogP contribution in [0.15, 0.2) is 30.6 Å². The quantitative estimate of drug-likeness (QED) is 0.633. The summed E-state index contributed by atoms with van der Waals surface area (Å²) in [6.07, 6.45) is 2.95. The highest BCUT2D eigenvalue weighted by molar-refractivity contribution is 5.73. The van der Waals surface area contributed by atoms with Gasteiger partial charge in [-0.3, -0.25) is 0 Å². The van der Waals surface area contributed by atoms with E-state index in [1.54, 1.807) is 6.33 Å². The van der Waals surface area contributed by atoms with E-state index in [9.17, 15) is 0 Å². The van der Waals surface area contributed by atoms with Gasteiger partial charge in [-0.15, -0.1) is 0 Å². The lowest BCUT2D eigenvalue weighted by Crippen LogP contribution is -1.63. The number of fused-ring (bicyclic) bond motifs is 1. The first-order chi connectivity index (χ1) is 5.88. The largest absolute Gasteiger partial charge is 0.345 e. The van der Waals surface area contributed by atoms with Gasteiger partial charge in [-0.05, 0) is 12.1 Å². The van der Waals surface area contributed by atoms with Crippen molar-refractivity contribution in [3.8, 4) is 0 Å². The number of rotatable bonds is 0. The Hall–Kier alpha value is -1.31. The van der Waals surface area contributed by atoms with E-state index in [0.29, 0.717) is 0 Å². The molecule has 2 heteroatoms. The van der Waals surface area contributed by atoms with Gasteiger partial charge in [0.15, 0.2) is 0 Å². The third kappa shape index (κ3) is 2.09. The maximum atomic E-state index is 4.06. The lowest BCUT2D eigenvalue weighted by atomic mass is 10.3. The zero-order valence-corrected chi connectivity index (χ0v) is 7.54. The molecule has 0 aliphatic carbocycles. The number of para-hydroxylation sites is 2. The van der Waals surface area contributed by atoms with E-state index in [1.165, 1.54) is 6.42 Å². The summed E-state index contributed by atoms with van der Waals surface area (Å²) in [6.45, 7) is 4.25. The second kappa shape index (κ2) is 4.54. The van der Waals surface area contributed by atoms with Gasteiger partial charge in [-0.25, -0.2) is 4.98 Å². The van der Waals surface area contributed by atoms with Gasteiger partial charge in [-0.2, -0.15) is 0 Å². The van der Waals surface area contributed by atoms with Gasteiger partial charge in [0.25, 0.3) is 0 Å². The number of imidazole rings is 1. The molecule has 2 nitrogen and oxygen atoms in total. The van der Waals surface area contributed by atoms with Crippen molar-refractivity contribution in [2.75, 3.05) is 0 Å². The monoisotopic (exact) mass is 162 g/mol. The third-order valence-electron chi connectivity index (χ3n) is 1.33. The molecule has 0 saturated heterocycles. The average Bonchev–Trinajstić information content (AvgIpc) is 2.52. The van der Waals surface area contributed by atoms with E-state index in [4.69, 9.17) is 0 Å². The van der Waals surface area contributed by atoms with Crippen molar-refractivity contribution >= 4 is 11.0 Å². The van der Waals surface area contributed by atoms with E-state index in [-0.39, 0.29) is 0 Å². The summed E-state index contributed by atoms with van der Waals surface area (Å²) in [4.78, 5) is 7.07. The number of nitrogens with one attached hydrogen (secondary N) is 1. The maximum Gasteiger partial charge on any atom is 0.0931 e. The first kappa shape index (κ1) is 8.78. The zero-order chi connectivity index (χ0) is 8.81. The number of benzene rings is 1. The highest BCUT2D eigenvalue weighted by Gasteiger charge is 1.88. The van der Waals surface area contributed by atoms with Gasteiger partial charge in [0.1, 0.15) is 0 Å². The lowest BCUT2D eigenvalue weighted by molar-refractivity contribution is 1.09. The summed E-state index contributed by atoms with van der Waals surface area (Å²) in [7, 11) is 0. The molecule has 0 atom stereocenters. The summed E-state index contributed by atoms with van der Waals surface area (Å²) in [5.74, 6) is 0. The van der Waals surface area contributed by atoms with E-state index in [0.717, 1.165) is 11.0 Å². The molecule has 2 aromatic rings. The molecule has 0 fully saturated rings. The van der Waals surface area contributed by atoms with Crippen LogP contribution >= 0.6 is 0 Å². The Balaban J connectivity index is 0.000000213. The molecule has 1 N–H and O–H groups in total. The molecule has 1 aromatic carbocycles. The van der Waals surface area contributed by atoms with Gasteiger partial charge in [-0.1, -0.05) is 32.4 Å².